The summed E-state index contributed by atoms with van der Waals surface area (Å²) in [5.41, 5.74) is 11.4. The van der Waals surface area contributed by atoms with Gasteiger partial charge in [0.2, 0.25) is 0 Å². The van der Waals surface area contributed by atoms with E-state index in [-0.39, 0.29) is 0 Å². The number of aromatic amines is 1. The molecule has 0 spiro atoms. The Morgan fingerprint density at radius 3 is 2.50 bits per heavy atom. The van der Waals surface area contributed by atoms with Crippen molar-refractivity contribution >= 4 is 50.6 Å². The molecule has 0 bridgehead atoms. The SMILES string of the molecule is COCCOc1cc2ncnc(Nc3cccc(/C(N)=C/N(N)CCc4c[nH]c5cc(Cl)ccc45)c3)c2cc1OCCOC. The third-order valence-corrected chi connectivity index (χ3v) is 7.16. The minimum absolute atomic E-state index is 0.363. The fourth-order valence-corrected chi connectivity index (χ4v) is 4.88. The van der Waals surface area contributed by atoms with Crippen molar-refractivity contribution in [2.24, 2.45) is 11.6 Å². The number of hydrogen-bond acceptors (Lipinski definition) is 10. The number of halogens is 1. The highest BCUT2D eigenvalue weighted by molar-refractivity contribution is 6.31. The summed E-state index contributed by atoms with van der Waals surface area (Å²) in [7, 11) is 3.25. The number of methoxy groups -OCH3 is 2. The first-order valence-corrected chi connectivity index (χ1v) is 14.5. The fourth-order valence-electron chi connectivity index (χ4n) is 4.71. The van der Waals surface area contributed by atoms with Gasteiger partial charge in [0.1, 0.15) is 25.4 Å². The van der Waals surface area contributed by atoms with Crippen molar-refractivity contribution in [3.63, 3.8) is 0 Å². The summed E-state index contributed by atoms with van der Waals surface area (Å²) in [6, 6.07) is 17.2. The molecule has 0 saturated heterocycles. The smallest absolute Gasteiger partial charge is 0.163 e. The van der Waals surface area contributed by atoms with E-state index < -0.39 is 0 Å². The highest BCUT2D eigenvalue weighted by Gasteiger charge is 2.14. The number of nitrogens with two attached hydrogens (primary N) is 2. The average Bonchev–Trinajstić information content (AvgIpc) is 3.42. The molecule has 0 atom stereocenters. The molecule has 0 radical (unpaired) electrons. The Bertz CT molecular complexity index is 1740. The van der Waals surface area contributed by atoms with Crippen LogP contribution in [0.2, 0.25) is 5.02 Å². The van der Waals surface area contributed by atoms with Crippen molar-refractivity contribution in [1.82, 2.24) is 20.0 Å². The van der Waals surface area contributed by atoms with E-state index in [9.17, 15) is 0 Å². The molecule has 5 aromatic rings. The monoisotopic (exact) mass is 617 g/mol. The predicted octanol–water partition coefficient (Wildman–Crippen LogP) is 5.23. The summed E-state index contributed by atoms with van der Waals surface area (Å²) in [6.07, 6.45) is 5.96. The first-order chi connectivity index (χ1) is 21.4. The van der Waals surface area contributed by atoms with Crippen LogP contribution in [0.5, 0.6) is 11.5 Å². The zero-order valence-electron chi connectivity index (χ0n) is 24.7. The van der Waals surface area contributed by atoms with Crippen molar-refractivity contribution in [1.29, 1.82) is 0 Å². The van der Waals surface area contributed by atoms with Crippen molar-refractivity contribution in [3.05, 3.63) is 89.5 Å². The van der Waals surface area contributed by atoms with Crippen LogP contribution in [0, 0.1) is 0 Å². The molecule has 0 aliphatic rings. The zero-order chi connectivity index (χ0) is 30.9. The molecule has 230 valence electrons. The summed E-state index contributed by atoms with van der Waals surface area (Å²) < 4.78 is 22.1. The molecule has 5 rings (SSSR count). The van der Waals surface area contributed by atoms with Crippen LogP contribution in [0.1, 0.15) is 11.1 Å². The minimum atomic E-state index is 0.363. The van der Waals surface area contributed by atoms with Crippen molar-refractivity contribution in [2.45, 2.75) is 6.42 Å². The second-order valence-corrected chi connectivity index (χ2v) is 10.4. The second kappa shape index (κ2) is 14.8. The number of ether oxygens (including phenoxy) is 4. The molecule has 3 aromatic carbocycles. The minimum Gasteiger partial charge on any atom is -0.487 e. The number of rotatable bonds is 15. The van der Waals surface area contributed by atoms with Gasteiger partial charge in [0, 0.05) is 71.8 Å². The number of anilines is 2. The Kier molecular flexibility index (Phi) is 10.4. The highest BCUT2D eigenvalue weighted by Crippen LogP contribution is 2.35. The van der Waals surface area contributed by atoms with Crippen LogP contribution in [0.25, 0.3) is 27.5 Å². The zero-order valence-corrected chi connectivity index (χ0v) is 25.4. The summed E-state index contributed by atoms with van der Waals surface area (Å²) in [4.78, 5) is 12.2. The van der Waals surface area contributed by atoms with E-state index in [0.717, 1.165) is 39.5 Å². The molecule has 0 amide bonds. The molecule has 0 saturated carbocycles. The number of hydrazine groups is 1. The molecule has 0 fully saturated rings. The van der Waals surface area contributed by atoms with E-state index in [1.807, 2.05) is 60.8 Å². The lowest BCUT2D eigenvalue weighted by molar-refractivity contribution is 0.132. The highest BCUT2D eigenvalue weighted by atomic mass is 35.5. The number of benzene rings is 3. The Morgan fingerprint density at radius 2 is 1.73 bits per heavy atom. The standard InChI is InChI=1S/C32H36ClN7O4/c1-41-10-12-43-30-16-26-29(17-31(30)44-13-11-42-2)37-20-38-32(26)39-24-5-3-4-21(14-24)27(34)19-40(35)9-8-22-18-36-28-15-23(33)6-7-25(22)28/h3-7,14-20,36H,8-13,34-35H2,1-2H3,(H,37,38,39)/b27-19-. The first kappa shape index (κ1) is 30.9. The van der Waals surface area contributed by atoms with Crippen LogP contribution in [0.15, 0.2) is 73.3 Å². The van der Waals surface area contributed by atoms with E-state index in [4.69, 9.17) is 42.1 Å². The Balaban J connectivity index is 1.31. The summed E-state index contributed by atoms with van der Waals surface area (Å²) >= 11 is 6.11. The lowest BCUT2D eigenvalue weighted by Gasteiger charge is -2.16. The molecule has 44 heavy (non-hydrogen) atoms. The number of H-pyrrole nitrogens is 1. The van der Waals surface area contributed by atoms with E-state index in [2.05, 4.69) is 20.3 Å². The molecule has 2 aromatic heterocycles. The van der Waals surface area contributed by atoms with Gasteiger partial charge in [0.05, 0.1) is 24.4 Å². The molecule has 6 N–H and O–H groups in total. The van der Waals surface area contributed by atoms with E-state index in [0.29, 0.717) is 66.5 Å². The summed E-state index contributed by atoms with van der Waals surface area (Å²) in [5.74, 6) is 8.04. The van der Waals surface area contributed by atoms with Crippen LogP contribution < -0.4 is 26.4 Å². The number of nitrogens with zero attached hydrogens (tertiary/aromatic N) is 3. The molecule has 11 nitrogen and oxygen atoms in total. The third kappa shape index (κ3) is 7.69. The number of aromatic nitrogens is 3. The van der Waals surface area contributed by atoms with Gasteiger partial charge in [-0.3, -0.25) is 0 Å². The van der Waals surface area contributed by atoms with Crippen LogP contribution in [-0.2, 0) is 15.9 Å². The maximum atomic E-state index is 6.46. The molecular weight excluding hydrogens is 582 g/mol. The lowest BCUT2D eigenvalue weighted by atomic mass is 10.1. The van der Waals surface area contributed by atoms with E-state index in [1.54, 1.807) is 25.4 Å². The third-order valence-electron chi connectivity index (χ3n) is 6.92. The molecule has 0 unspecified atom stereocenters. The topological polar surface area (TPSA) is 146 Å². The van der Waals surface area contributed by atoms with Crippen LogP contribution >= 0.6 is 11.6 Å². The van der Waals surface area contributed by atoms with Crippen LogP contribution in [0.3, 0.4) is 0 Å². The molecule has 2 heterocycles. The van der Waals surface area contributed by atoms with Gasteiger partial charge in [-0.2, -0.15) is 0 Å². The van der Waals surface area contributed by atoms with Crippen LogP contribution in [0.4, 0.5) is 11.5 Å². The van der Waals surface area contributed by atoms with Crippen molar-refractivity contribution < 1.29 is 18.9 Å². The number of fused-ring (bicyclic) bond motifs is 2. The van der Waals surface area contributed by atoms with Gasteiger partial charge < -0.3 is 40.0 Å². The number of hydrogen-bond donors (Lipinski definition) is 4. The average molecular weight is 618 g/mol. The van der Waals surface area contributed by atoms with Gasteiger partial charge in [0.25, 0.3) is 0 Å². The predicted molar refractivity (Wildman–Crippen MR) is 174 cm³/mol. The summed E-state index contributed by atoms with van der Waals surface area (Å²) in [6.45, 7) is 2.20. The Labute approximate surface area is 260 Å². The Hall–Kier alpha value is -4.55. The maximum absolute atomic E-state index is 6.46. The van der Waals surface area contributed by atoms with Gasteiger partial charge in [-0.05, 0) is 42.3 Å². The lowest BCUT2D eigenvalue weighted by Crippen LogP contribution is -2.28. The fraction of sp³-hybridized carbons (Fsp3) is 0.250. The quantitative estimate of drug-likeness (QED) is 0.0699. The van der Waals surface area contributed by atoms with Gasteiger partial charge in [-0.15, -0.1) is 0 Å². The molecular formula is C32H36ClN7O4. The second-order valence-electron chi connectivity index (χ2n) is 10.0. The van der Waals surface area contributed by atoms with Crippen molar-refractivity contribution in [2.75, 3.05) is 52.5 Å². The van der Waals surface area contributed by atoms with Crippen molar-refractivity contribution in [3.8, 4) is 11.5 Å². The van der Waals surface area contributed by atoms with Gasteiger partial charge in [-0.1, -0.05) is 29.8 Å². The molecule has 12 heteroatoms. The van der Waals surface area contributed by atoms with Gasteiger partial charge in [-0.25, -0.2) is 15.8 Å². The molecule has 0 aliphatic heterocycles. The van der Waals surface area contributed by atoms with E-state index >= 15 is 0 Å². The van der Waals surface area contributed by atoms with E-state index in [1.165, 1.54) is 6.33 Å². The van der Waals surface area contributed by atoms with Gasteiger partial charge in [0.15, 0.2) is 11.5 Å². The normalized spacial score (nSPS) is 11.7. The maximum Gasteiger partial charge on any atom is 0.163 e. The Morgan fingerprint density at radius 1 is 0.955 bits per heavy atom. The van der Waals surface area contributed by atoms with Crippen LogP contribution in [-0.4, -0.2) is 67.2 Å². The largest absolute Gasteiger partial charge is 0.487 e. The van der Waals surface area contributed by atoms with Gasteiger partial charge >= 0.3 is 0 Å². The number of nitrogens with one attached hydrogen (secondary N) is 2. The molecule has 0 aliphatic carbocycles. The first-order valence-electron chi connectivity index (χ1n) is 14.1. The summed E-state index contributed by atoms with van der Waals surface area (Å²) in [5, 5.41) is 7.57.